The van der Waals surface area contributed by atoms with E-state index in [1.807, 2.05) is 13.7 Å². The van der Waals surface area contributed by atoms with Gasteiger partial charge in [-0.1, -0.05) is 6.92 Å². The summed E-state index contributed by atoms with van der Waals surface area (Å²) >= 11 is 0. The summed E-state index contributed by atoms with van der Waals surface area (Å²) in [6, 6.07) is 0. The summed E-state index contributed by atoms with van der Waals surface area (Å²) < 4.78 is 4.55. The molecule has 0 spiro atoms. The van der Waals surface area contributed by atoms with Crippen LogP contribution in [0.4, 0.5) is 0 Å². The molecule has 0 atom stereocenters. The zero-order valence-corrected chi connectivity index (χ0v) is 5.85. The maximum atomic E-state index is 9.98. The second-order valence-electron chi connectivity index (χ2n) is 1.34. The largest absolute Gasteiger partial charge is 0.466 e. The van der Waals surface area contributed by atoms with Crippen LogP contribution in [0.3, 0.4) is 0 Å². The van der Waals surface area contributed by atoms with Gasteiger partial charge in [-0.15, -0.1) is 0 Å². The van der Waals surface area contributed by atoms with Crippen LogP contribution in [0, 0.1) is 0 Å². The molecule has 0 heterocycles. The van der Waals surface area contributed by atoms with Gasteiger partial charge in [-0.25, -0.2) is 0 Å². The van der Waals surface area contributed by atoms with Gasteiger partial charge in [-0.05, 0) is 6.42 Å². The van der Waals surface area contributed by atoms with E-state index in [-0.39, 0.29) is 5.97 Å². The first-order chi connectivity index (χ1) is 4.27. The summed E-state index contributed by atoms with van der Waals surface area (Å²) in [6.45, 7) is 5.92. The van der Waals surface area contributed by atoms with Crippen LogP contribution in [0.5, 0.6) is 0 Å². The molecule has 0 aliphatic carbocycles. The summed E-state index contributed by atoms with van der Waals surface area (Å²) in [4.78, 5) is 18.0. The number of carbonyl (C=O) groups excluding carboxylic acids is 2. The van der Waals surface area contributed by atoms with E-state index in [1.54, 1.807) is 0 Å². The molecule has 0 aliphatic rings. The first-order valence-corrected chi connectivity index (χ1v) is 2.69. The van der Waals surface area contributed by atoms with Gasteiger partial charge in [-0.2, -0.15) is 0 Å². The molecule has 3 nitrogen and oxygen atoms in total. The molecular formula is C6H12O3. The third kappa shape index (κ3) is 19.1. The fraction of sp³-hybridized carbons (Fsp3) is 0.667. The molecule has 54 valence electrons. The standard InChI is InChI=1S/C5H10O2.CH2O/c1-3-4-7-5(2)6;1-2/h3-4H2,1-2H3;1H2. The fourth-order valence-electron chi connectivity index (χ4n) is 0.246. The molecular weight excluding hydrogens is 120 g/mol. The van der Waals surface area contributed by atoms with Crippen LogP contribution < -0.4 is 0 Å². The van der Waals surface area contributed by atoms with Crippen LogP contribution in [-0.4, -0.2) is 19.4 Å². The van der Waals surface area contributed by atoms with Gasteiger partial charge >= 0.3 is 5.97 Å². The Balaban J connectivity index is 0. The summed E-state index contributed by atoms with van der Waals surface area (Å²) in [5, 5.41) is 0. The lowest BCUT2D eigenvalue weighted by Crippen LogP contribution is -1.98. The zero-order chi connectivity index (χ0) is 7.70. The molecule has 0 unspecified atom stereocenters. The Morgan fingerprint density at radius 1 is 1.56 bits per heavy atom. The molecule has 0 rings (SSSR count). The van der Waals surface area contributed by atoms with Gasteiger partial charge in [0.25, 0.3) is 0 Å². The summed E-state index contributed by atoms with van der Waals surface area (Å²) in [5.41, 5.74) is 0. The molecule has 0 radical (unpaired) electrons. The number of esters is 1. The molecule has 9 heavy (non-hydrogen) atoms. The second-order valence-corrected chi connectivity index (χ2v) is 1.34. The molecule has 0 fully saturated rings. The smallest absolute Gasteiger partial charge is 0.302 e. The molecule has 0 saturated carbocycles. The highest BCUT2D eigenvalue weighted by molar-refractivity contribution is 5.65. The SMILES string of the molecule is C=O.CCCOC(C)=O. The zero-order valence-electron chi connectivity index (χ0n) is 5.85. The predicted octanol–water partition coefficient (Wildman–Crippen LogP) is 0.775. The molecule has 0 aliphatic heterocycles. The van der Waals surface area contributed by atoms with E-state index >= 15 is 0 Å². The Bertz CT molecular complexity index is 70.7. The maximum absolute atomic E-state index is 9.98. The normalized spacial score (nSPS) is 6.89. The van der Waals surface area contributed by atoms with Gasteiger partial charge in [0.05, 0.1) is 6.61 Å². The van der Waals surface area contributed by atoms with E-state index < -0.39 is 0 Å². The highest BCUT2D eigenvalue weighted by Gasteiger charge is 1.85. The van der Waals surface area contributed by atoms with Crippen molar-refractivity contribution in [3.05, 3.63) is 0 Å². The Kier molecular flexibility index (Phi) is 12.5. The van der Waals surface area contributed by atoms with E-state index in [1.165, 1.54) is 6.92 Å². The van der Waals surface area contributed by atoms with Crippen molar-refractivity contribution in [1.82, 2.24) is 0 Å². The Morgan fingerprint density at radius 3 is 2.11 bits per heavy atom. The number of rotatable bonds is 2. The first kappa shape index (κ1) is 11.0. The van der Waals surface area contributed by atoms with Crippen molar-refractivity contribution in [1.29, 1.82) is 0 Å². The van der Waals surface area contributed by atoms with Crippen molar-refractivity contribution in [2.24, 2.45) is 0 Å². The third-order valence-electron chi connectivity index (χ3n) is 0.509. The minimum atomic E-state index is -0.193. The van der Waals surface area contributed by atoms with Gasteiger partial charge in [0.2, 0.25) is 0 Å². The number of hydrogen-bond donors (Lipinski definition) is 0. The lowest BCUT2D eigenvalue weighted by atomic mass is 10.5. The van der Waals surface area contributed by atoms with Crippen molar-refractivity contribution in [3.63, 3.8) is 0 Å². The topological polar surface area (TPSA) is 43.4 Å². The van der Waals surface area contributed by atoms with Crippen LogP contribution >= 0.6 is 0 Å². The third-order valence-corrected chi connectivity index (χ3v) is 0.509. The lowest BCUT2D eigenvalue weighted by Gasteiger charge is -1.93. The van der Waals surface area contributed by atoms with E-state index in [4.69, 9.17) is 4.79 Å². The van der Waals surface area contributed by atoms with Crippen molar-refractivity contribution in [3.8, 4) is 0 Å². The van der Waals surface area contributed by atoms with Crippen LogP contribution in [0.2, 0.25) is 0 Å². The van der Waals surface area contributed by atoms with E-state index in [9.17, 15) is 4.79 Å². The van der Waals surface area contributed by atoms with E-state index in [0.29, 0.717) is 6.61 Å². The van der Waals surface area contributed by atoms with Gasteiger partial charge in [0, 0.05) is 6.92 Å². The summed E-state index contributed by atoms with van der Waals surface area (Å²) in [7, 11) is 0. The quantitative estimate of drug-likeness (QED) is 0.521. The molecule has 3 heteroatoms. The minimum Gasteiger partial charge on any atom is -0.466 e. The minimum absolute atomic E-state index is 0.193. The highest BCUT2D eigenvalue weighted by atomic mass is 16.5. The first-order valence-electron chi connectivity index (χ1n) is 2.69. The molecule has 0 amide bonds. The van der Waals surface area contributed by atoms with Crippen molar-refractivity contribution in [2.45, 2.75) is 20.3 Å². The number of carbonyl (C=O) groups is 2. The highest BCUT2D eigenvalue weighted by Crippen LogP contribution is 1.78. The average molecular weight is 132 g/mol. The van der Waals surface area contributed by atoms with Crippen LogP contribution in [0.15, 0.2) is 0 Å². The molecule has 0 aromatic rings. The average Bonchev–Trinajstić information content (AvgIpc) is 1.88. The molecule has 0 bridgehead atoms. The fourth-order valence-corrected chi connectivity index (χ4v) is 0.246. The van der Waals surface area contributed by atoms with Crippen LogP contribution in [0.1, 0.15) is 20.3 Å². The van der Waals surface area contributed by atoms with Gasteiger partial charge in [-0.3, -0.25) is 4.79 Å². The van der Waals surface area contributed by atoms with Gasteiger partial charge in [0.15, 0.2) is 0 Å². The van der Waals surface area contributed by atoms with Crippen molar-refractivity contribution in [2.75, 3.05) is 6.61 Å². The number of hydrogen-bond acceptors (Lipinski definition) is 3. The molecule has 0 N–H and O–H groups in total. The Labute approximate surface area is 55.0 Å². The maximum Gasteiger partial charge on any atom is 0.302 e. The van der Waals surface area contributed by atoms with Gasteiger partial charge < -0.3 is 9.53 Å². The Morgan fingerprint density at radius 2 is 2.00 bits per heavy atom. The van der Waals surface area contributed by atoms with Crippen LogP contribution in [0.25, 0.3) is 0 Å². The molecule has 0 aromatic carbocycles. The monoisotopic (exact) mass is 132 g/mol. The molecule has 0 saturated heterocycles. The number of ether oxygens (including phenoxy) is 1. The second kappa shape index (κ2) is 10.2. The van der Waals surface area contributed by atoms with Crippen molar-refractivity contribution < 1.29 is 14.3 Å². The van der Waals surface area contributed by atoms with E-state index in [0.717, 1.165) is 6.42 Å². The Hall–Kier alpha value is -0.860. The summed E-state index contributed by atoms with van der Waals surface area (Å²) in [5.74, 6) is -0.193. The van der Waals surface area contributed by atoms with Gasteiger partial charge in [0.1, 0.15) is 6.79 Å². The summed E-state index contributed by atoms with van der Waals surface area (Å²) in [6.07, 6.45) is 0.902. The van der Waals surface area contributed by atoms with E-state index in [2.05, 4.69) is 4.74 Å². The predicted molar refractivity (Wildman–Crippen MR) is 34.0 cm³/mol. The molecule has 0 aromatic heterocycles. The van der Waals surface area contributed by atoms with Crippen molar-refractivity contribution >= 4 is 12.8 Å². The van der Waals surface area contributed by atoms with Crippen LogP contribution in [-0.2, 0) is 14.3 Å². The lowest BCUT2D eigenvalue weighted by molar-refractivity contribution is -0.140.